The van der Waals surface area contributed by atoms with E-state index < -0.39 is 0 Å². The zero-order valence-electron chi connectivity index (χ0n) is 29.1. The second-order valence-electron chi connectivity index (χ2n) is 15.0. The number of hydrogen-bond acceptors (Lipinski definition) is 3. The molecule has 0 aliphatic heterocycles. The van der Waals surface area contributed by atoms with Crippen LogP contribution in [0.25, 0.3) is 72.8 Å². The SMILES string of the molecule is CC(C)(C)c1ccc2c3cc(-c4nc(-c5ccccc5)nc(-c5cccc6c5-c5ccccc5C6(C)C)n4)ccc3n(-c3ccccc3)c2c1. The third-order valence-electron chi connectivity index (χ3n) is 10.4. The van der Waals surface area contributed by atoms with Crippen molar-refractivity contribution < 1.29 is 0 Å². The zero-order valence-corrected chi connectivity index (χ0v) is 29.1. The van der Waals surface area contributed by atoms with Crippen molar-refractivity contribution in [1.29, 1.82) is 0 Å². The van der Waals surface area contributed by atoms with Crippen LogP contribution in [0.2, 0.25) is 0 Å². The van der Waals surface area contributed by atoms with E-state index in [9.17, 15) is 0 Å². The molecule has 0 spiro atoms. The maximum atomic E-state index is 5.27. The Morgan fingerprint density at radius 1 is 0.500 bits per heavy atom. The van der Waals surface area contributed by atoms with E-state index in [-0.39, 0.29) is 10.8 Å². The van der Waals surface area contributed by atoms with Crippen molar-refractivity contribution in [2.75, 3.05) is 0 Å². The predicted octanol–water partition coefficient (Wildman–Crippen LogP) is 11.6. The summed E-state index contributed by atoms with van der Waals surface area (Å²) in [5.74, 6) is 2.00. The number of fused-ring (bicyclic) bond motifs is 6. The summed E-state index contributed by atoms with van der Waals surface area (Å²) in [7, 11) is 0. The molecule has 8 aromatic rings. The molecule has 2 aromatic heterocycles. The minimum absolute atomic E-state index is 0.0276. The highest BCUT2D eigenvalue weighted by Crippen LogP contribution is 2.51. The average Bonchev–Trinajstić information content (AvgIpc) is 3.59. The highest BCUT2D eigenvalue weighted by Gasteiger charge is 2.37. The molecule has 50 heavy (non-hydrogen) atoms. The molecule has 1 aliphatic carbocycles. The molecule has 1 aliphatic rings. The summed E-state index contributed by atoms with van der Waals surface area (Å²) in [6.07, 6.45) is 0. The largest absolute Gasteiger partial charge is 0.309 e. The van der Waals surface area contributed by atoms with Crippen molar-refractivity contribution in [2.24, 2.45) is 0 Å². The van der Waals surface area contributed by atoms with Gasteiger partial charge in [-0.2, -0.15) is 0 Å². The van der Waals surface area contributed by atoms with Gasteiger partial charge < -0.3 is 4.57 Å². The lowest BCUT2D eigenvalue weighted by Gasteiger charge is -2.21. The minimum Gasteiger partial charge on any atom is -0.309 e. The monoisotopic (exact) mass is 646 g/mol. The Morgan fingerprint density at radius 3 is 1.90 bits per heavy atom. The number of rotatable bonds is 4. The molecule has 0 saturated carbocycles. The van der Waals surface area contributed by atoms with Crippen LogP contribution in [0.4, 0.5) is 0 Å². The van der Waals surface area contributed by atoms with Gasteiger partial charge in [0.1, 0.15) is 0 Å². The van der Waals surface area contributed by atoms with E-state index in [1.807, 2.05) is 18.2 Å². The number of benzene rings is 6. The van der Waals surface area contributed by atoms with Crippen molar-refractivity contribution in [3.63, 3.8) is 0 Å². The van der Waals surface area contributed by atoms with Gasteiger partial charge in [-0.25, -0.2) is 15.0 Å². The second kappa shape index (κ2) is 11.1. The van der Waals surface area contributed by atoms with Gasteiger partial charge in [-0.05, 0) is 69.6 Å². The number of hydrogen-bond donors (Lipinski definition) is 0. The molecular weight excluding hydrogens is 609 g/mol. The fraction of sp³-hybridized carbons (Fsp3) is 0.152. The Hall–Kier alpha value is -5.87. The van der Waals surface area contributed by atoms with Crippen molar-refractivity contribution in [3.05, 3.63) is 156 Å². The Bertz CT molecular complexity index is 2590. The molecule has 9 rings (SSSR count). The Kier molecular flexibility index (Phi) is 6.69. The molecule has 0 fully saturated rings. The Balaban J connectivity index is 1.29. The van der Waals surface area contributed by atoms with E-state index in [2.05, 4.69) is 161 Å². The first kappa shape index (κ1) is 30.2. The first-order chi connectivity index (χ1) is 24.2. The van der Waals surface area contributed by atoms with Crippen molar-refractivity contribution >= 4 is 21.8 Å². The quantitative estimate of drug-likeness (QED) is 0.191. The summed E-state index contributed by atoms with van der Waals surface area (Å²) in [6.45, 7) is 11.4. The maximum absolute atomic E-state index is 5.27. The van der Waals surface area contributed by atoms with Gasteiger partial charge in [-0.15, -0.1) is 0 Å². The van der Waals surface area contributed by atoms with Crippen LogP contribution in [0.3, 0.4) is 0 Å². The van der Waals surface area contributed by atoms with Crippen molar-refractivity contribution in [2.45, 2.75) is 45.4 Å². The summed E-state index contributed by atoms with van der Waals surface area (Å²) in [5, 5.41) is 2.37. The van der Waals surface area contributed by atoms with Gasteiger partial charge in [0.15, 0.2) is 17.5 Å². The second-order valence-corrected chi connectivity index (χ2v) is 15.0. The topological polar surface area (TPSA) is 43.6 Å². The molecule has 6 aromatic carbocycles. The minimum atomic E-state index is -0.120. The van der Waals surface area contributed by atoms with Gasteiger partial charge in [-0.3, -0.25) is 0 Å². The van der Waals surface area contributed by atoms with Crippen LogP contribution in [0.5, 0.6) is 0 Å². The lowest BCUT2D eigenvalue weighted by Crippen LogP contribution is -2.14. The fourth-order valence-corrected chi connectivity index (χ4v) is 7.76. The molecule has 4 heteroatoms. The third kappa shape index (κ3) is 4.70. The summed E-state index contributed by atoms with van der Waals surface area (Å²) < 4.78 is 2.38. The number of aromatic nitrogens is 4. The summed E-state index contributed by atoms with van der Waals surface area (Å²) in [4.78, 5) is 15.6. The molecule has 4 nitrogen and oxygen atoms in total. The summed E-state index contributed by atoms with van der Waals surface area (Å²) >= 11 is 0. The average molecular weight is 647 g/mol. The predicted molar refractivity (Wildman–Crippen MR) is 207 cm³/mol. The molecule has 0 unspecified atom stereocenters. The van der Waals surface area contributed by atoms with Crippen molar-refractivity contribution in [3.8, 4) is 51.0 Å². The first-order valence-corrected chi connectivity index (χ1v) is 17.4. The van der Waals surface area contributed by atoms with E-state index in [1.54, 1.807) is 0 Å². The van der Waals surface area contributed by atoms with Crippen LogP contribution in [0.15, 0.2) is 140 Å². The Labute approximate surface area is 293 Å². The lowest BCUT2D eigenvalue weighted by molar-refractivity contribution is 0.591. The maximum Gasteiger partial charge on any atom is 0.164 e. The molecule has 0 saturated heterocycles. The smallest absolute Gasteiger partial charge is 0.164 e. The van der Waals surface area contributed by atoms with Gasteiger partial charge in [-0.1, -0.05) is 138 Å². The van der Waals surface area contributed by atoms with Gasteiger partial charge in [0.25, 0.3) is 0 Å². The van der Waals surface area contributed by atoms with E-state index >= 15 is 0 Å². The van der Waals surface area contributed by atoms with E-state index in [1.165, 1.54) is 44.1 Å². The molecule has 0 bridgehead atoms. The lowest BCUT2D eigenvalue weighted by atomic mass is 9.82. The van der Waals surface area contributed by atoms with Crippen LogP contribution < -0.4 is 0 Å². The molecule has 0 amide bonds. The third-order valence-corrected chi connectivity index (χ3v) is 10.4. The Morgan fingerprint density at radius 2 is 1.14 bits per heavy atom. The first-order valence-electron chi connectivity index (χ1n) is 17.4. The summed E-state index contributed by atoms with van der Waals surface area (Å²) in [6, 6.07) is 49.7. The van der Waals surface area contributed by atoms with Crippen LogP contribution in [0, 0.1) is 0 Å². The van der Waals surface area contributed by atoms with Gasteiger partial charge in [0.2, 0.25) is 0 Å². The standard InChI is InChI=1S/C46H38N4/c1-45(2,3)31-24-25-33-36-27-30(23-26-39(36)50(40(33)28-31)32-17-10-7-11-18-32)43-47-42(29-15-8-6-9-16-29)48-44(49-43)35-20-14-22-38-41(35)34-19-12-13-21-37(34)46(38,4)5/h6-28H,1-5H3. The number of nitrogens with zero attached hydrogens (tertiary/aromatic N) is 4. The zero-order chi connectivity index (χ0) is 34.2. The fourth-order valence-electron chi connectivity index (χ4n) is 7.76. The summed E-state index contributed by atoms with van der Waals surface area (Å²) in [5.41, 5.74) is 12.7. The number of para-hydroxylation sites is 1. The van der Waals surface area contributed by atoms with E-state index in [4.69, 9.17) is 15.0 Å². The normalized spacial score (nSPS) is 13.5. The molecule has 242 valence electrons. The van der Waals surface area contributed by atoms with Gasteiger partial charge in [0.05, 0.1) is 11.0 Å². The van der Waals surface area contributed by atoms with Crippen LogP contribution in [-0.4, -0.2) is 19.5 Å². The van der Waals surface area contributed by atoms with Gasteiger partial charge in [0, 0.05) is 38.6 Å². The van der Waals surface area contributed by atoms with Crippen LogP contribution in [0.1, 0.15) is 51.3 Å². The van der Waals surface area contributed by atoms with Gasteiger partial charge >= 0.3 is 0 Å². The van der Waals surface area contributed by atoms with E-state index in [0.717, 1.165) is 27.9 Å². The molecule has 0 atom stereocenters. The van der Waals surface area contributed by atoms with E-state index in [0.29, 0.717) is 17.5 Å². The molecule has 0 N–H and O–H groups in total. The van der Waals surface area contributed by atoms with Crippen LogP contribution in [-0.2, 0) is 10.8 Å². The molecule has 0 radical (unpaired) electrons. The molecular formula is C46H38N4. The highest BCUT2D eigenvalue weighted by atomic mass is 15.0. The molecule has 2 heterocycles. The van der Waals surface area contributed by atoms with Crippen molar-refractivity contribution in [1.82, 2.24) is 19.5 Å². The van der Waals surface area contributed by atoms with Crippen LogP contribution >= 0.6 is 0 Å². The highest BCUT2D eigenvalue weighted by molar-refractivity contribution is 6.10.